The van der Waals surface area contributed by atoms with E-state index in [2.05, 4.69) is 30.9 Å². The lowest BCUT2D eigenvalue weighted by molar-refractivity contribution is -0.0367. The number of aliphatic hydroxyl groups is 2. The van der Waals surface area contributed by atoms with Crippen LogP contribution < -0.4 is 11.1 Å². The van der Waals surface area contributed by atoms with Gasteiger partial charge in [-0.25, -0.2) is 9.97 Å². The largest absolute Gasteiger partial charge is 0.388 e. The van der Waals surface area contributed by atoms with Gasteiger partial charge in [0.25, 0.3) is 0 Å². The van der Waals surface area contributed by atoms with Crippen molar-refractivity contribution in [3.05, 3.63) is 58.2 Å². The highest BCUT2D eigenvalue weighted by atomic mass is 79.9. The zero-order chi connectivity index (χ0) is 21.7. The number of fused-ring (bicyclic) bond motifs is 2. The predicted molar refractivity (Wildman–Crippen MR) is 118 cm³/mol. The number of anilines is 1. The van der Waals surface area contributed by atoms with Crippen molar-refractivity contribution in [2.24, 2.45) is 0 Å². The Morgan fingerprint density at radius 1 is 1.23 bits per heavy atom. The number of ether oxygens (including phenoxy) is 1. The number of benzene rings is 1. The minimum Gasteiger partial charge on any atom is -0.388 e. The molecule has 1 fully saturated rings. The molecule has 0 unspecified atom stereocenters. The van der Waals surface area contributed by atoms with Crippen LogP contribution in [0.25, 0.3) is 22.1 Å². The minimum atomic E-state index is -1.11. The van der Waals surface area contributed by atoms with Crippen molar-refractivity contribution in [1.82, 2.24) is 19.5 Å². The standard InChI is InChI=1S/C21H21BrN6O3/c22-12-8-11-3-1-10(7-14(11)27-19(12)24)2-4-15-17(29)18(30)21(31-15)28-6-5-13(23)16-20(28)26-9-25-16/h1,3,5-9,15,17-18,21,23,29-30H,2,4H2,(H2,24,27)(H,25,26)/t15-,17-,18-,21-/m1/s1. The Balaban J connectivity index is 1.35. The zero-order valence-electron chi connectivity index (χ0n) is 16.4. The number of hydrogen-bond acceptors (Lipinski definition) is 7. The van der Waals surface area contributed by atoms with Crippen LogP contribution in [0.15, 0.2) is 47.3 Å². The highest BCUT2D eigenvalue weighted by Gasteiger charge is 2.43. The van der Waals surface area contributed by atoms with Gasteiger partial charge in [-0.05, 0) is 52.5 Å². The molecule has 1 saturated heterocycles. The zero-order valence-corrected chi connectivity index (χ0v) is 18.0. The number of aryl methyl sites for hydroxylation is 1. The first-order valence-corrected chi connectivity index (χ1v) is 10.7. The van der Waals surface area contributed by atoms with Crippen molar-refractivity contribution in [3.63, 3.8) is 0 Å². The third-order valence-corrected chi connectivity index (χ3v) is 6.36. The van der Waals surface area contributed by atoms with E-state index < -0.39 is 24.5 Å². The van der Waals surface area contributed by atoms with E-state index in [-0.39, 0.29) is 0 Å². The molecular formula is C21H21BrN6O3. The number of imidazole rings is 1. The number of nitrogens with one attached hydrogen (secondary N) is 2. The van der Waals surface area contributed by atoms with Crippen LogP contribution in [-0.4, -0.2) is 48.0 Å². The smallest absolute Gasteiger partial charge is 0.164 e. The number of H-pyrrole nitrogens is 1. The molecule has 1 aromatic carbocycles. The molecule has 3 aromatic heterocycles. The summed E-state index contributed by atoms with van der Waals surface area (Å²) in [6, 6.07) is 9.50. The van der Waals surface area contributed by atoms with Gasteiger partial charge in [-0.2, -0.15) is 0 Å². The third kappa shape index (κ3) is 3.51. The molecular weight excluding hydrogens is 464 g/mol. The van der Waals surface area contributed by atoms with E-state index >= 15 is 0 Å². The molecule has 0 bridgehead atoms. The van der Waals surface area contributed by atoms with Gasteiger partial charge < -0.3 is 30.2 Å². The van der Waals surface area contributed by atoms with Gasteiger partial charge in [0.15, 0.2) is 11.9 Å². The predicted octanol–water partition coefficient (Wildman–Crippen LogP) is 1.99. The Hall–Kier alpha value is -2.79. The van der Waals surface area contributed by atoms with Crippen LogP contribution in [0.3, 0.4) is 0 Å². The summed E-state index contributed by atoms with van der Waals surface area (Å²) >= 11 is 3.39. The number of aromatic nitrogens is 4. The normalized spacial score (nSPS) is 23.7. The first-order chi connectivity index (χ1) is 14.9. The summed E-state index contributed by atoms with van der Waals surface area (Å²) in [5.74, 6) is 0.436. The summed E-state index contributed by atoms with van der Waals surface area (Å²) in [6.45, 7) is 0. The number of aromatic amines is 1. The number of hydrogen-bond donors (Lipinski definition) is 5. The number of nitrogens with zero attached hydrogens (tertiary/aromatic N) is 3. The van der Waals surface area contributed by atoms with Crippen molar-refractivity contribution >= 4 is 43.8 Å². The number of rotatable bonds is 4. The first kappa shape index (κ1) is 20.1. The summed E-state index contributed by atoms with van der Waals surface area (Å²) in [5.41, 5.74) is 8.78. The van der Waals surface area contributed by atoms with E-state index in [0.717, 1.165) is 20.9 Å². The summed E-state index contributed by atoms with van der Waals surface area (Å²) in [4.78, 5) is 11.6. The number of pyridine rings is 2. The second-order valence-electron chi connectivity index (χ2n) is 7.71. The molecule has 0 amide bonds. The summed E-state index contributed by atoms with van der Waals surface area (Å²) in [5, 5.41) is 30.5. The van der Waals surface area contributed by atoms with E-state index in [1.165, 1.54) is 6.33 Å². The Morgan fingerprint density at radius 3 is 2.90 bits per heavy atom. The SMILES string of the molecule is N=c1ccn([C@@H]2O[C@H](CCc3ccc4cc(Br)c(N)nc4c3)[C@@H](O)[C@H]2O)c2nc[nH]c12. The van der Waals surface area contributed by atoms with Crippen LogP contribution in [0.4, 0.5) is 5.82 Å². The maximum Gasteiger partial charge on any atom is 0.164 e. The quantitative estimate of drug-likeness (QED) is 0.299. The molecule has 1 aliphatic rings. The summed E-state index contributed by atoms with van der Waals surface area (Å²) in [6.07, 6.45) is 0.821. The minimum absolute atomic E-state index is 0.297. The summed E-state index contributed by atoms with van der Waals surface area (Å²) < 4.78 is 8.45. The first-order valence-electron chi connectivity index (χ1n) is 9.87. The topological polar surface area (TPSA) is 146 Å². The maximum atomic E-state index is 10.6. The molecule has 0 saturated carbocycles. The molecule has 0 aliphatic carbocycles. The van der Waals surface area contributed by atoms with Crippen molar-refractivity contribution in [1.29, 1.82) is 5.41 Å². The number of nitrogens with two attached hydrogens (primary N) is 1. The Labute approximate surface area is 185 Å². The fourth-order valence-electron chi connectivity index (χ4n) is 4.06. The summed E-state index contributed by atoms with van der Waals surface area (Å²) in [7, 11) is 0. The molecule has 9 nitrogen and oxygen atoms in total. The molecule has 10 heteroatoms. The van der Waals surface area contributed by atoms with Crippen molar-refractivity contribution in [3.8, 4) is 0 Å². The van der Waals surface area contributed by atoms with Crippen molar-refractivity contribution < 1.29 is 14.9 Å². The molecule has 5 rings (SSSR count). The van der Waals surface area contributed by atoms with Gasteiger partial charge in [-0.3, -0.25) is 5.41 Å². The molecule has 0 radical (unpaired) electrons. The third-order valence-electron chi connectivity index (χ3n) is 5.73. The number of aliphatic hydroxyl groups excluding tert-OH is 2. The van der Waals surface area contributed by atoms with Crippen LogP contribution in [0, 0.1) is 5.41 Å². The molecule has 31 heavy (non-hydrogen) atoms. The van der Waals surface area contributed by atoms with E-state index in [9.17, 15) is 10.2 Å². The van der Waals surface area contributed by atoms with E-state index in [1.54, 1.807) is 16.8 Å². The Bertz CT molecular complexity index is 1340. The van der Waals surface area contributed by atoms with E-state index in [4.69, 9.17) is 15.9 Å². The second kappa shape index (κ2) is 7.72. The van der Waals surface area contributed by atoms with Crippen LogP contribution in [0.5, 0.6) is 0 Å². The molecule has 6 N–H and O–H groups in total. The monoisotopic (exact) mass is 484 g/mol. The number of halogens is 1. The van der Waals surface area contributed by atoms with Gasteiger partial charge in [0.1, 0.15) is 23.5 Å². The average Bonchev–Trinajstić information content (AvgIpc) is 3.35. The molecule has 160 valence electrons. The number of nitrogen functional groups attached to an aromatic ring is 1. The van der Waals surface area contributed by atoms with Gasteiger partial charge in [-0.15, -0.1) is 0 Å². The highest BCUT2D eigenvalue weighted by Crippen LogP contribution is 2.33. The lowest BCUT2D eigenvalue weighted by Gasteiger charge is -2.19. The van der Waals surface area contributed by atoms with Crippen molar-refractivity contribution in [2.75, 3.05) is 5.73 Å². The lowest BCUT2D eigenvalue weighted by atomic mass is 10.0. The maximum absolute atomic E-state index is 10.6. The van der Waals surface area contributed by atoms with Gasteiger partial charge in [0, 0.05) is 11.6 Å². The van der Waals surface area contributed by atoms with E-state index in [0.29, 0.717) is 35.2 Å². The van der Waals surface area contributed by atoms with Gasteiger partial charge in [-0.1, -0.05) is 12.1 Å². The fourth-order valence-corrected chi connectivity index (χ4v) is 4.39. The van der Waals surface area contributed by atoms with Gasteiger partial charge in [0.2, 0.25) is 0 Å². The van der Waals surface area contributed by atoms with Crippen LogP contribution >= 0.6 is 15.9 Å². The molecule has 4 atom stereocenters. The van der Waals surface area contributed by atoms with Gasteiger partial charge >= 0.3 is 0 Å². The lowest BCUT2D eigenvalue weighted by Crippen LogP contribution is -2.32. The van der Waals surface area contributed by atoms with Crippen molar-refractivity contribution in [2.45, 2.75) is 37.4 Å². The van der Waals surface area contributed by atoms with E-state index in [1.807, 2.05) is 24.3 Å². The Kier molecular flexibility index (Phi) is 5.01. The van der Waals surface area contributed by atoms with Crippen LogP contribution in [0.2, 0.25) is 0 Å². The molecule has 1 aliphatic heterocycles. The molecule has 4 heterocycles. The second-order valence-corrected chi connectivity index (χ2v) is 8.56. The highest BCUT2D eigenvalue weighted by molar-refractivity contribution is 9.10. The average molecular weight is 485 g/mol. The van der Waals surface area contributed by atoms with Gasteiger partial charge in [0.05, 0.1) is 27.8 Å². The van der Waals surface area contributed by atoms with Crippen LogP contribution in [0.1, 0.15) is 18.2 Å². The molecule has 4 aromatic rings. The Morgan fingerprint density at radius 2 is 2.06 bits per heavy atom. The fraction of sp³-hybridized carbons (Fsp3) is 0.286. The molecule has 0 spiro atoms. The van der Waals surface area contributed by atoms with Crippen LogP contribution in [-0.2, 0) is 11.2 Å².